The van der Waals surface area contributed by atoms with Crippen LogP contribution in [0.3, 0.4) is 0 Å². The van der Waals surface area contributed by atoms with Gasteiger partial charge < -0.3 is 14.8 Å². The molecule has 0 aliphatic rings. The number of ether oxygens (including phenoxy) is 2. The van der Waals surface area contributed by atoms with Crippen LogP contribution in [-0.2, 0) is 0 Å². The van der Waals surface area contributed by atoms with Crippen LogP contribution in [0.5, 0.6) is 11.5 Å². The Bertz CT molecular complexity index is 697. The van der Waals surface area contributed by atoms with Gasteiger partial charge in [-0.1, -0.05) is 24.3 Å². The number of carbonyl (C=O) groups excluding carboxylic acids is 1. The van der Waals surface area contributed by atoms with Gasteiger partial charge in [-0.25, -0.2) is 0 Å². The zero-order chi connectivity index (χ0) is 17.5. The van der Waals surface area contributed by atoms with Crippen LogP contribution in [0.15, 0.2) is 42.5 Å². The number of hydrogen-bond donors (Lipinski definition) is 1. The summed E-state index contributed by atoms with van der Waals surface area (Å²) >= 11 is 0. The van der Waals surface area contributed by atoms with Crippen molar-refractivity contribution in [1.82, 2.24) is 5.32 Å². The number of aryl methyl sites for hydroxylation is 1. The van der Waals surface area contributed by atoms with Crippen molar-refractivity contribution in [3.05, 3.63) is 59.2 Å². The largest absolute Gasteiger partial charge is 0.490 e. The highest BCUT2D eigenvalue weighted by Crippen LogP contribution is 2.29. The number of rotatable bonds is 7. The molecule has 0 fully saturated rings. The van der Waals surface area contributed by atoms with Gasteiger partial charge in [-0.15, -0.1) is 0 Å². The molecule has 2 rings (SSSR count). The van der Waals surface area contributed by atoms with E-state index in [4.69, 9.17) is 9.47 Å². The third-order valence-corrected chi connectivity index (χ3v) is 3.81. The predicted octanol–water partition coefficient (Wildman–Crippen LogP) is 4.28. The van der Waals surface area contributed by atoms with Crippen molar-refractivity contribution in [3.63, 3.8) is 0 Å². The number of carbonyl (C=O) groups is 1. The van der Waals surface area contributed by atoms with Gasteiger partial charge >= 0.3 is 0 Å². The Morgan fingerprint density at radius 2 is 1.71 bits per heavy atom. The van der Waals surface area contributed by atoms with Crippen molar-refractivity contribution in [1.29, 1.82) is 0 Å². The van der Waals surface area contributed by atoms with Gasteiger partial charge in [0.1, 0.15) is 0 Å². The number of benzene rings is 2. The van der Waals surface area contributed by atoms with Crippen molar-refractivity contribution >= 4 is 5.91 Å². The van der Waals surface area contributed by atoms with Gasteiger partial charge in [-0.2, -0.15) is 0 Å². The average Bonchev–Trinajstić information content (AvgIpc) is 2.57. The van der Waals surface area contributed by atoms with E-state index in [1.165, 1.54) is 0 Å². The van der Waals surface area contributed by atoms with E-state index in [2.05, 4.69) is 5.32 Å². The van der Waals surface area contributed by atoms with Gasteiger partial charge in [-0.05, 0) is 57.0 Å². The average molecular weight is 327 g/mol. The Hall–Kier alpha value is -2.49. The van der Waals surface area contributed by atoms with Crippen molar-refractivity contribution in [3.8, 4) is 11.5 Å². The first-order valence-corrected chi connectivity index (χ1v) is 8.32. The fourth-order valence-electron chi connectivity index (χ4n) is 2.62. The van der Waals surface area contributed by atoms with E-state index < -0.39 is 0 Å². The molecule has 1 N–H and O–H groups in total. The second-order valence-corrected chi connectivity index (χ2v) is 5.58. The molecule has 24 heavy (non-hydrogen) atoms. The van der Waals surface area contributed by atoms with Crippen molar-refractivity contribution in [2.75, 3.05) is 13.2 Å². The minimum absolute atomic E-state index is 0.0687. The molecular formula is C20H25NO3. The first-order chi connectivity index (χ1) is 11.6. The Morgan fingerprint density at radius 3 is 2.38 bits per heavy atom. The second-order valence-electron chi connectivity index (χ2n) is 5.58. The highest BCUT2D eigenvalue weighted by Gasteiger charge is 2.15. The van der Waals surface area contributed by atoms with Gasteiger partial charge in [0.2, 0.25) is 0 Å². The zero-order valence-corrected chi connectivity index (χ0v) is 14.8. The third-order valence-electron chi connectivity index (χ3n) is 3.81. The number of amides is 1. The van der Waals surface area contributed by atoms with Gasteiger partial charge in [0.05, 0.1) is 19.3 Å². The zero-order valence-electron chi connectivity index (χ0n) is 14.8. The van der Waals surface area contributed by atoms with E-state index in [1.54, 1.807) is 18.2 Å². The molecule has 0 saturated heterocycles. The first-order valence-electron chi connectivity index (χ1n) is 8.32. The van der Waals surface area contributed by atoms with Crippen LogP contribution < -0.4 is 14.8 Å². The van der Waals surface area contributed by atoms with Crippen LogP contribution in [0.25, 0.3) is 0 Å². The predicted molar refractivity (Wildman–Crippen MR) is 95.8 cm³/mol. The Morgan fingerprint density at radius 1 is 1.04 bits per heavy atom. The maximum Gasteiger partial charge on any atom is 0.251 e. The molecule has 1 unspecified atom stereocenters. The van der Waals surface area contributed by atoms with Crippen LogP contribution in [-0.4, -0.2) is 19.1 Å². The van der Waals surface area contributed by atoms with Crippen LogP contribution in [0, 0.1) is 6.92 Å². The van der Waals surface area contributed by atoms with Crippen molar-refractivity contribution in [2.45, 2.75) is 33.7 Å². The van der Waals surface area contributed by atoms with E-state index >= 15 is 0 Å². The minimum Gasteiger partial charge on any atom is -0.490 e. The van der Waals surface area contributed by atoms with E-state index in [0.717, 1.165) is 11.1 Å². The summed E-state index contributed by atoms with van der Waals surface area (Å²) in [5, 5.41) is 3.04. The standard InChI is InChI=1S/C20H25NO3/c1-5-23-18-12-11-16(13-19(18)24-6-2)20(22)21-15(4)17-10-8-7-9-14(17)3/h7-13,15H,5-6H2,1-4H3,(H,21,22). The SMILES string of the molecule is CCOc1ccc(C(=O)NC(C)c2ccccc2C)cc1OCC. The molecule has 4 nitrogen and oxygen atoms in total. The summed E-state index contributed by atoms with van der Waals surface area (Å²) < 4.78 is 11.1. The Balaban J connectivity index is 2.17. The minimum atomic E-state index is -0.130. The Kier molecular flexibility index (Phi) is 6.24. The summed E-state index contributed by atoms with van der Waals surface area (Å²) in [7, 11) is 0. The fraction of sp³-hybridized carbons (Fsp3) is 0.350. The summed E-state index contributed by atoms with van der Waals surface area (Å²) in [5.41, 5.74) is 2.83. The lowest BCUT2D eigenvalue weighted by Gasteiger charge is -2.17. The van der Waals surface area contributed by atoms with E-state index in [1.807, 2.05) is 52.0 Å². The summed E-state index contributed by atoms with van der Waals surface area (Å²) in [6.07, 6.45) is 0. The monoisotopic (exact) mass is 327 g/mol. The molecule has 1 amide bonds. The molecule has 0 bridgehead atoms. The smallest absolute Gasteiger partial charge is 0.251 e. The lowest BCUT2D eigenvalue weighted by molar-refractivity contribution is 0.0939. The second kappa shape index (κ2) is 8.39. The highest BCUT2D eigenvalue weighted by atomic mass is 16.5. The van der Waals surface area contributed by atoms with Gasteiger partial charge in [0, 0.05) is 5.56 Å². The highest BCUT2D eigenvalue weighted by molar-refractivity contribution is 5.95. The van der Waals surface area contributed by atoms with Gasteiger partial charge in [-0.3, -0.25) is 4.79 Å². The van der Waals surface area contributed by atoms with E-state index in [0.29, 0.717) is 30.3 Å². The molecule has 0 heterocycles. The van der Waals surface area contributed by atoms with Crippen LogP contribution >= 0.6 is 0 Å². The maximum atomic E-state index is 12.6. The number of hydrogen-bond acceptors (Lipinski definition) is 3. The number of nitrogens with one attached hydrogen (secondary N) is 1. The van der Waals surface area contributed by atoms with Crippen LogP contribution in [0.4, 0.5) is 0 Å². The fourth-order valence-corrected chi connectivity index (χ4v) is 2.62. The molecule has 2 aromatic rings. The quantitative estimate of drug-likeness (QED) is 0.825. The summed E-state index contributed by atoms with van der Waals surface area (Å²) in [6.45, 7) is 8.92. The molecule has 1 atom stereocenters. The molecule has 0 aliphatic heterocycles. The molecule has 0 spiro atoms. The molecule has 2 aromatic carbocycles. The topological polar surface area (TPSA) is 47.6 Å². The van der Waals surface area contributed by atoms with Crippen molar-refractivity contribution < 1.29 is 14.3 Å². The molecule has 4 heteroatoms. The third kappa shape index (κ3) is 4.28. The molecule has 128 valence electrons. The van der Waals surface area contributed by atoms with E-state index in [-0.39, 0.29) is 11.9 Å². The maximum absolute atomic E-state index is 12.6. The lowest BCUT2D eigenvalue weighted by Crippen LogP contribution is -2.27. The van der Waals surface area contributed by atoms with Crippen LogP contribution in [0.1, 0.15) is 48.3 Å². The summed E-state index contributed by atoms with van der Waals surface area (Å²) in [6, 6.07) is 13.2. The lowest BCUT2D eigenvalue weighted by atomic mass is 10.0. The Labute approximate surface area is 143 Å². The van der Waals surface area contributed by atoms with Gasteiger partial charge in [0.15, 0.2) is 11.5 Å². The summed E-state index contributed by atoms with van der Waals surface area (Å²) in [4.78, 5) is 12.6. The molecule has 0 aliphatic carbocycles. The molecule has 0 aromatic heterocycles. The normalized spacial score (nSPS) is 11.7. The molecular weight excluding hydrogens is 302 g/mol. The van der Waals surface area contributed by atoms with E-state index in [9.17, 15) is 4.79 Å². The van der Waals surface area contributed by atoms with Crippen molar-refractivity contribution in [2.24, 2.45) is 0 Å². The van der Waals surface area contributed by atoms with Gasteiger partial charge in [0.25, 0.3) is 5.91 Å². The molecule has 0 radical (unpaired) electrons. The molecule has 0 saturated carbocycles. The first kappa shape index (κ1) is 17.9. The van der Waals surface area contributed by atoms with Crippen LogP contribution in [0.2, 0.25) is 0 Å². The summed E-state index contributed by atoms with van der Waals surface area (Å²) in [5.74, 6) is 1.12.